The van der Waals surface area contributed by atoms with Crippen LogP contribution in [0.4, 0.5) is 18.9 Å². The Bertz CT molecular complexity index is 906. The fraction of sp³-hybridized carbons (Fsp3) is 0.176. The summed E-state index contributed by atoms with van der Waals surface area (Å²) in [5, 5.41) is 4.56. The lowest BCUT2D eigenvalue weighted by molar-refractivity contribution is -0.137. The summed E-state index contributed by atoms with van der Waals surface area (Å²) in [5.41, 5.74) is -0.201. The molecule has 0 bridgehead atoms. The third-order valence-electron chi connectivity index (χ3n) is 3.45. The van der Waals surface area contributed by atoms with Gasteiger partial charge >= 0.3 is 6.18 Å². The van der Waals surface area contributed by atoms with E-state index in [1.165, 1.54) is 25.3 Å². The number of nitrogens with one attached hydrogen (secondary N) is 2. The van der Waals surface area contributed by atoms with Gasteiger partial charge in [0.15, 0.2) is 5.11 Å². The van der Waals surface area contributed by atoms with Crippen LogP contribution in [0.15, 0.2) is 34.8 Å². The van der Waals surface area contributed by atoms with Gasteiger partial charge in [-0.25, -0.2) is 0 Å². The second-order valence-electron chi connectivity index (χ2n) is 5.40. The lowest BCUT2D eigenvalue weighted by atomic mass is 10.1. The topological polar surface area (TPSA) is 50.4 Å². The van der Waals surface area contributed by atoms with E-state index in [2.05, 4.69) is 26.6 Å². The van der Waals surface area contributed by atoms with E-state index < -0.39 is 17.6 Å². The van der Waals surface area contributed by atoms with Crippen LogP contribution in [0.1, 0.15) is 21.5 Å². The minimum atomic E-state index is -4.56. The molecule has 0 aromatic heterocycles. The molecule has 1 amide bonds. The van der Waals surface area contributed by atoms with E-state index in [9.17, 15) is 18.0 Å². The molecular formula is C17H13BrF3IN2O2S. The highest BCUT2D eigenvalue weighted by Crippen LogP contribution is 2.36. The van der Waals surface area contributed by atoms with Gasteiger partial charge in [-0.15, -0.1) is 0 Å². The summed E-state index contributed by atoms with van der Waals surface area (Å²) >= 11 is 10.1. The highest BCUT2D eigenvalue weighted by Gasteiger charge is 2.34. The molecule has 0 unspecified atom stereocenters. The summed E-state index contributed by atoms with van der Waals surface area (Å²) in [6.07, 6.45) is -4.56. The summed E-state index contributed by atoms with van der Waals surface area (Å²) in [6.45, 7) is 1.76. The molecule has 0 fully saturated rings. The van der Waals surface area contributed by atoms with Gasteiger partial charge in [-0.05, 0) is 77.6 Å². The first kappa shape index (κ1) is 21.9. The number of carbonyl (C=O) groups excluding carboxylic acids is 1. The van der Waals surface area contributed by atoms with Gasteiger partial charge in [0, 0.05) is 8.04 Å². The zero-order chi connectivity index (χ0) is 20.4. The van der Waals surface area contributed by atoms with E-state index in [0.29, 0.717) is 19.4 Å². The Balaban J connectivity index is 2.24. The van der Waals surface area contributed by atoms with E-state index in [1.807, 2.05) is 0 Å². The lowest BCUT2D eigenvalue weighted by Gasteiger charge is -2.17. The summed E-state index contributed by atoms with van der Waals surface area (Å²) in [6, 6.07) is 7.06. The van der Waals surface area contributed by atoms with Gasteiger partial charge in [0.05, 0.1) is 23.9 Å². The predicted molar refractivity (Wildman–Crippen MR) is 113 cm³/mol. The third-order valence-corrected chi connectivity index (χ3v) is 4.78. The Labute approximate surface area is 181 Å². The molecule has 2 aromatic rings. The second kappa shape index (κ2) is 8.74. The quantitative estimate of drug-likeness (QED) is 0.376. The van der Waals surface area contributed by atoms with E-state index in [0.717, 1.165) is 6.07 Å². The van der Waals surface area contributed by atoms with Gasteiger partial charge in [-0.2, -0.15) is 13.2 Å². The number of amides is 1. The van der Waals surface area contributed by atoms with Crippen molar-refractivity contribution in [3.05, 3.63) is 55.1 Å². The first-order valence-corrected chi connectivity index (χ1v) is 9.64. The molecule has 2 rings (SSSR count). The number of methoxy groups -OCH3 is 1. The summed E-state index contributed by atoms with van der Waals surface area (Å²) < 4.78 is 45.9. The Morgan fingerprint density at radius 1 is 1.26 bits per heavy atom. The van der Waals surface area contributed by atoms with Crippen molar-refractivity contribution in [1.29, 1.82) is 0 Å². The molecule has 0 radical (unpaired) electrons. The normalized spacial score (nSPS) is 11.1. The Morgan fingerprint density at radius 2 is 1.93 bits per heavy atom. The number of carbonyl (C=O) groups is 1. The molecule has 0 heterocycles. The van der Waals surface area contributed by atoms with Crippen molar-refractivity contribution in [1.82, 2.24) is 5.32 Å². The SMILES string of the molecule is COc1c(C)cc(Br)cc1C(=O)NC(=S)Nc1ccc(I)cc1C(F)(F)F. The molecule has 0 saturated heterocycles. The maximum atomic E-state index is 13.2. The van der Waals surface area contributed by atoms with E-state index in [1.54, 1.807) is 35.6 Å². The number of anilines is 1. The third kappa shape index (κ3) is 5.55. The number of aryl methyl sites for hydroxylation is 1. The van der Waals surface area contributed by atoms with Gasteiger partial charge in [0.25, 0.3) is 5.91 Å². The largest absolute Gasteiger partial charge is 0.496 e. The van der Waals surface area contributed by atoms with Crippen LogP contribution in [0.2, 0.25) is 0 Å². The Kier molecular flexibility index (Phi) is 7.09. The van der Waals surface area contributed by atoms with Crippen LogP contribution in [-0.4, -0.2) is 18.1 Å². The number of alkyl halides is 3. The average Bonchev–Trinajstić information content (AvgIpc) is 2.54. The fourth-order valence-corrected chi connectivity index (χ4v) is 3.62. The van der Waals surface area contributed by atoms with Crippen molar-refractivity contribution in [2.75, 3.05) is 12.4 Å². The second-order valence-corrected chi connectivity index (χ2v) is 7.97. The first-order valence-electron chi connectivity index (χ1n) is 7.36. The van der Waals surface area contributed by atoms with Crippen LogP contribution in [0.5, 0.6) is 5.75 Å². The number of thiocarbonyl (C=S) groups is 1. The van der Waals surface area contributed by atoms with Gasteiger partial charge in [-0.1, -0.05) is 15.9 Å². The molecule has 4 nitrogen and oxygen atoms in total. The maximum Gasteiger partial charge on any atom is 0.418 e. The molecule has 10 heteroatoms. The Hall–Kier alpha value is -1.40. The minimum Gasteiger partial charge on any atom is -0.496 e. The van der Waals surface area contributed by atoms with Crippen LogP contribution >= 0.6 is 50.7 Å². The molecular weight excluding hydrogens is 560 g/mol. The summed E-state index contributed by atoms with van der Waals surface area (Å²) in [4.78, 5) is 12.5. The van der Waals surface area contributed by atoms with Crippen LogP contribution in [-0.2, 0) is 6.18 Å². The number of hydrogen-bond donors (Lipinski definition) is 2. The molecule has 2 aromatic carbocycles. The van der Waals surface area contributed by atoms with E-state index in [-0.39, 0.29) is 16.4 Å². The molecule has 0 saturated carbocycles. The standard InChI is InChI=1S/C17H13BrF3IN2O2S/c1-8-5-9(18)6-11(14(8)26-2)15(25)24-16(27)23-13-4-3-10(22)7-12(13)17(19,20)21/h3-7H,1-2H3,(H2,23,24,25,27). The minimum absolute atomic E-state index is 0.201. The van der Waals surface area contributed by atoms with Crippen LogP contribution in [0.3, 0.4) is 0 Å². The van der Waals surface area contributed by atoms with Crippen molar-refractivity contribution in [2.45, 2.75) is 13.1 Å². The summed E-state index contributed by atoms with van der Waals surface area (Å²) in [7, 11) is 1.42. The van der Waals surface area contributed by atoms with Gasteiger partial charge in [0.2, 0.25) is 0 Å². The number of hydrogen-bond acceptors (Lipinski definition) is 3. The van der Waals surface area contributed by atoms with Crippen molar-refractivity contribution < 1.29 is 22.7 Å². The van der Waals surface area contributed by atoms with Crippen molar-refractivity contribution >= 4 is 67.4 Å². The average molecular weight is 573 g/mol. The molecule has 144 valence electrons. The molecule has 2 N–H and O–H groups in total. The van der Waals surface area contributed by atoms with Crippen molar-refractivity contribution in [3.63, 3.8) is 0 Å². The molecule has 0 atom stereocenters. The predicted octanol–water partition coefficient (Wildman–Crippen LogP) is 5.52. The highest BCUT2D eigenvalue weighted by molar-refractivity contribution is 14.1. The van der Waals surface area contributed by atoms with Gasteiger partial charge in [0.1, 0.15) is 5.75 Å². The number of rotatable bonds is 3. The van der Waals surface area contributed by atoms with Crippen LogP contribution in [0.25, 0.3) is 0 Å². The molecule has 0 aliphatic rings. The lowest BCUT2D eigenvalue weighted by Crippen LogP contribution is -2.35. The molecule has 0 spiro atoms. The monoisotopic (exact) mass is 572 g/mol. The zero-order valence-corrected chi connectivity index (χ0v) is 18.6. The number of halogens is 5. The van der Waals surface area contributed by atoms with Crippen molar-refractivity contribution in [3.8, 4) is 5.75 Å². The molecule has 0 aliphatic carbocycles. The van der Waals surface area contributed by atoms with E-state index in [4.69, 9.17) is 17.0 Å². The number of ether oxygens (including phenoxy) is 1. The Morgan fingerprint density at radius 3 is 2.52 bits per heavy atom. The van der Waals surface area contributed by atoms with Crippen LogP contribution in [0, 0.1) is 10.5 Å². The van der Waals surface area contributed by atoms with Gasteiger partial charge in [-0.3, -0.25) is 10.1 Å². The number of benzene rings is 2. The zero-order valence-electron chi connectivity index (χ0n) is 14.0. The highest BCUT2D eigenvalue weighted by atomic mass is 127. The van der Waals surface area contributed by atoms with E-state index >= 15 is 0 Å². The maximum absolute atomic E-state index is 13.2. The first-order chi connectivity index (χ1) is 12.5. The molecule has 27 heavy (non-hydrogen) atoms. The fourth-order valence-electron chi connectivity index (χ4n) is 2.35. The molecule has 0 aliphatic heterocycles. The van der Waals surface area contributed by atoms with Crippen LogP contribution < -0.4 is 15.4 Å². The van der Waals surface area contributed by atoms with Gasteiger partial charge < -0.3 is 10.1 Å². The van der Waals surface area contributed by atoms with Crippen molar-refractivity contribution in [2.24, 2.45) is 0 Å². The smallest absolute Gasteiger partial charge is 0.418 e. The summed E-state index contributed by atoms with van der Waals surface area (Å²) in [5.74, 6) is -0.253.